The molecule has 0 aliphatic heterocycles. The Morgan fingerprint density at radius 1 is 1.18 bits per heavy atom. The van der Waals surface area contributed by atoms with E-state index in [0.29, 0.717) is 16.8 Å². The fourth-order valence-electron chi connectivity index (χ4n) is 2.38. The van der Waals surface area contributed by atoms with Crippen molar-refractivity contribution in [1.82, 2.24) is 4.98 Å². The zero-order chi connectivity index (χ0) is 18.3. The van der Waals surface area contributed by atoms with E-state index in [1.54, 1.807) is 30.5 Å². The zero-order valence-corrected chi connectivity index (χ0v) is 15.3. The standard InChI is InChI=1S/C19H26FNSi/c1-19(2,3)12-14-11-17(15-9-7-8-10-16(15)20)21-13-18(14)22(4,5)6/h7-11,13H,12H2,1-6H3/i12D2. The van der Waals surface area contributed by atoms with Crippen molar-refractivity contribution in [2.75, 3.05) is 0 Å². The average Bonchev–Trinajstić information content (AvgIpc) is 2.45. The number of pyridine rings is 1. The minimum absolute atomic E-state index is 0.340. The fourth-order valence-corrected chi connectivity index (χ4v) is 3.77. The van der Waals surface area contributed by atoms with Gasteiger partial charge < -0.3 is 0 Å². The number of nitrogens with zero attached hydrogens (tertiary/aromatic N) is 1. The van der Waals surface area contributed by atoms with Gasteiger partial charge in [-0.05, 0) is 40.7 Å². The molecular weight excluding hydrogens is 289 g/mol. The van der Waals surface area contributed by atoms with Crippen molar-refractivity contribution in [3.63, 3.8) is 0 Å². The van der Waals surface area contributed by atoms with Crippen LogP contribution in [-0.4, -0.2) is 13.1 Å². The molecule has 0 fully saturated rings. The van der Waals surface area contributed by atoms with Crippen LogP contribution in [0.15, 0.2) is 36.5 Å². The predicted octanol–water partition coefficient (Wildman–Crippen LogP) is 5.02. The van der Waals surface area contributed by atoms with E-state index in [9.17, 15) is 4.39 Å². The lowest BCUT2D eigenvalue weighted by Crippen LogP contribution is -2.41. The second-order valence-corrected chi connectivity index (χ2v) is 12.8. The molecule has 0 bridgehead atoms. The molecule has 0 unspecified atom stereocenters. The smallest absolute Gasteiger partial charge is 0.132 e. The van der Waals surface area contributed by atoms with E-state index in [1.807, 2.05) is 20.8 Å². The Kier molecular flexibility index (Phi) is 3.83. The summed E-state index contributed by atoms with van der Waals surface area (Å²) in [6.45, 7) is 12.2. The molecule has 0 N–H and O–H groups in total. The van der Waals surface area contributed by atoms with Gasteiger partial charge in [0.25, 0.3) is 0 Å². The van der Waals surface area contributed by atoms with Gasteiger partial charge in [-0.15, -0.1) is 0 Å². The molecule has 1 aromatic carbocycles. The Labute approximate surface area is 137 Å². The van der Waals surface area contributed by atoms with Crippen LogP contribution >= 0.6 is 0 Å². The summed E-state index contributed by atoms with van der Waals surface area (Å²) in [4.78, 5) is 4.46. The van der Waals surface area contributed by atoms with Crippen molar-refractivity contribution in [2.24, 2.45) is 5.41 Å². The first kappa shape index (κ1) is 14.1. The maximum atomic E-state index is 14.1. The van der Waals surface area contributed by atoms with Gasteiger partial charge in [-0.2, -0.15) is 0 Å². The van der Waals surface area contributed by atoms with Crippen LogP contribution in [0.25, 0.3) is 11.3 Å². The fraction of sp³-hybridized carbons (Fsp3) is 0.421. The molecule has 118 valence electrons. The highest BCUT2D eigenvalue weighted by molar-refractivity contribution is 6.89. The first-order chi connectivity index (χ1) is 10.9. The minimum atomic E-state index is -1.80. The van der Waals surface area contributed by atoms with Crippen molar-refractivity contribution < 1.29 is 7.13 Å². The van der Waals surface area contributed by atoms with Gasteiger partial charge in [0, 0.05) is 14.5 Å². The van der Waals surface area contributed by atoms with Gasteiger partial charge in [0.15, 0.2) is 0 Å². The summed E-state index contributed by atoms with van der Waals surface area (Å²) in [5.41, 5.74) is 0.959. The SMILES string of the molecule is [2H]C([2H])(c1cc(-c2ccccc2F)ncc1[Si](C)(C)C)C(C)(C)C. The largest absolute Gasteiger partial charge is 0.256 e. The Hall–Kier alpha value is -1.48. The molecule has 0 atom stereocenters. The second-order valence-electron chi connectivity index (χ2n) is 7.72. The zero-order valence-electron chi connectivity index (χ0n) is 16.3. The normalized spacial score (nSPS) is 14.5. The highest BCUT2D eigenvalue weighted by Gasteiger charge is 2.24. The van der Waals surface area contributed by atoms with Crippen LogP contribution in [0.5, 0.6) is 0 Å². The van der Waals surface area contributed by atoms with Crippen LogP contribution in [0.1, 0.15) is 29.1 Å². The molecule has 0 saturated heterocycles. The maximum absolute atomic E-state index is 14.1. The summed E-state index contributed by atoms with van der Waals surface area (Å²) >= 11 is 0. The van der Waals surface area contributed by atoms with E-state index in [1.165, 1.54) is 6.07 Å². The van der Waals surface area contributed by atoms with Gasteiger partial charge in [-0.25, -0.2) is 4.39 Å². The molecule has 1 nitrogen and oxygen atoms in total. The number of rotatable bonds is 3. The van der Waals surface area contributed by atoms with Crippen molar-refractivity contribution >= 4 is 13.3 Å². The third-order valence-corrected chi connectivity index (χ3v) is 5.39. The third kappa shape index (κ3) is 4.04. The summed E-state index contributed by atoms with van der Waals surface area (Å²) in [7, 11) is -1.80. The number of hydrogen-bond donors (Lipinski definition) is 0. The van der Waals surface area contributed by atoms with E-state index in [2.05, 4.69) is 24.6 Å². The summed E-state index contributed by atoms with van der Waals surface area (Å²) in [5.74, 6) is -0.340. The number of aromatic nitrogens is 1. The Morgan fingerprint density at radius 3 is 2.36 bits per heavy atom. The van der Waals surface area contributed by atoms with Gasteiger partial charge in [0.1, 0.15) is 5.82 Å². The molecule has 0 aliphatic carbocycles. The van der Waals surface area contributed by atoms with Crippen LogP contribution in [-0.2, 0) is 6.37 Å². The molecular formula is C19H26FNSi. The van der Waals surface area contributed by atoms with Crippen LogP contribution in [0, 0.1) is 11.2 Å². The van der Waals surface area contributed by atoms with Crippen LogP contribution in [0.3, 0.4) is 0 Å². The lowest BCUT2D eigenvalue weighted by molar-refractivity contribution is 0.412. The predicted molar refractivity (Wildman–Crippen MR) is 95.8 cm³/mol. The topological polar surface area (TPSA) is 12.9 Å². The summed E-state index contributed by atoms with van der Waals surface area (Å²) < 4.78 is 31.6. The molecule has 1 aromatic heterocycles. The lowest BCUT2D eigenvalue weighted by Gasteiger charge is -2.26. The monoisotopic (exact) mass is 317 g/mol. The quantitative estimate of drug-likeness (QED) is 0.724. The average molecular weight is 318 g/mol. The maximum Gasteiger partial charge on any atom is 0.132 e. The minimum Gasteiger partial charge on any atom is -0.256 e. The molecule has 1 heterocycles. The number of halogens is 1. The molecule has 22 heavy (non-hydrogen) atoms. The number of benzene rings is 1. The second kappa shape index (κ2) is 5.96. The Balaban J connectivity index is 2.75. The Morgan fingerprint density at radius 2 is 1.82 bits per heavy atom. The molecule has 3 heteroatoms. The molecule has 0 spiro atoms. The molecule has 0 amide bonds. The number of hydrogen-bond acceptors (Lipinski definition) is 1. The van der Waals surface area contributed by atoms with Crippen molar-refractivity contribution in [3.05, 3.63) is 47.9 Å². The molecule has 0 radical (unpaired) electrons. The highest BCUT2D eigenvalue weighted by Crippen LogP contribution is 2.26. The van der Waals surface area contributed by atoms with Gasteiger partial charge >= 0.3 is 0 Å². The summed E-state index contributed by atoms with van der Waals surface area (Å²) in [6, 6.07) is 8.25. The first-order valence-electron chi connectivity index (χ1n) is 8.61. The van der Waals surface area contributed by atoms with E-state index in [0.717, 1.165) is 5.19 Å². The van der Waals surface area contributed by atoms with Crippen LogP contribution in [0.4, 0.5) is 4.39 Å². The van der Waals surface area contributed by atoms with Gasteiger partial charge in [0.05, 0.1) is 13.8 Å². The van der Waals surface area contributed by atoms with E-state index < -0.39 is 19.9 Å². The van der Waals surface area contributed by atoms with Gasteiger partial charge in [-0.1, -0.05) is 52.5 Å². The van der Waals surface area contributed by atoms with E-state index >= 15 is 0 Å². The molecule has 0 aliphatic rings. The van der Waals surface area contributed by atoms with Crippen LogP contribution < -0.4 is 5.19 Å². The lowest BCUT2D eigenvalue weighted by atomic mass is 9.88. The van der Waals surface area contributed by atoms with E-state index in [-0.39, 0.29) is 5.82 Å². The molecule has 2 rings (SSSR count). The summed E-state index contributed by atoms with van der Waals surface area (Å²) in [6.07, 6.45) is 0.221. The van der Waals surface area contributed by atoms with Gasteiger partial charge in [0.2, 0.25) is 0 Å². The van der Waals surface area contributed by atoms with Crippen molar-refractivity contribution in [1.29, 1.82) is 0 Å². The third-order valence-electron chi connectivity index (χ3n) is 3.37. The summed E-state index contributed by atoms with van der Waals surface area (Å²) in [5, 5.41) is 0.988. The highest BCUT2D eigenvalue weighted by atomic mass is 28.3. The molecule has 0 saturated carbocycles. The van der Waals surface area contributed by atoms with Crippen molar-refractivity contribution in [2.45, 2.75) is 46.8 Å². The molecule has 2 aromatic rings. The first-order valence-corrected chi connectivity index (χ1v) is 11.1. The van der Waals surface area contributed by atoms with Crippen LogP contribution in [0.2, 0.25) is 19.6 Å². The van der Waals surface area contributed by atoms with Gasteiger partial charge in [-0.3, -0.25) is 4.98 Å². The van der Waals surface area contributed by atoms with Crippen molar-refractivity contribution in [3.8, 4) is 11.3 Å². The van der Waals surface area contributed by atoms with E-state index in [4.69, 9.17) is 2.74 Å². The Bertz CT molecular complexity index is 746.